The van der Waals surface area contributed by atoms with Crippen molar-refractivity contribution in [1.82, 2.24) is 4.90 Å². The van der Waals surface area contributed by atoms with E-state index in [2.05, 4.69) is 0 Å². The Morgan fingerprint density at radius 2 is 2.00 bits per heavy atom. The largest absolute Gasteiger partial charge is 0.493 e. The van der Waals surface area contributed by atoms with Crippen LogP contribution in [0.25, 0.3) is 6.08 Å². The fourth-order valence-corrected chi connectivity index (χ4v) is 2.91. The first kappa shape index (κ1) is 18.8. The molecular weight excluding hydrogens is 348 g/mol. The van der Waals surface area contributed by atoms with Crippen molar-refractivity contribution in [2.24, 2.45) is 5.73 Å². The molecule has 0 bridgehead atoms. The summed E-state index contributed by atoms with van der Waals surface area (Å²) in [5.74, 6) is -0.268. The van der Waals surface area contributed by atoms with Gasteiger partial charge in [-0.3, -0.25) is 19.3 Å². The highest BCUT2D eigenvalue weighted by Crippen LogP contribution is 2.34. The van der Waals surface area contributed by atoms with Gasteiger partial charge < -0.3 is 19.9 Å². The molecule has 134 valence electrons. The van der Waals surface area contributed by atoms with Crippen LogP contribution in [0.15, 0.2) is 23.1 Å². The van der Waals surface area contributed by atoms with Crippen molar-refractivity contribution in [2.75, 3.05) is 34.0 Å². The van der Waals surface area contributed by atoms with E-state index in [0.717, 1.165) is 16.7 Å². The molecule has 2 rings (SSSR count). The van der Waals surface area contributed by atoms with Crippen molar-refractivity contribution < 1.29 is 28.6 Å². The number of nitrogens with two attached hydrogens (primary N) is 1. The van der Waals surface area contributed by atoms with E-state index in [1.54, 1.807) is 31.4 Å². The summed E-state index contributed by atoms with van der Waals surface area (Å²) < 4.78 is 15.7. The van der Waals surface area contributed by atoms with Gasteiger partial charge in [0.1, 0.15) is 13.2 Å². The first-order valence-corrected chi connectivity index (χ1v) is 8.11. The number of carbonyl (C=O) groups excluding carboxylic acids is 3. The highest BCUT2D eigenvalue weighted by Gasteiger charge is 2.35. The summed E-state index contributed by atoms with van der Waals surface area (Å²) in [5, 5.41) is -0.526. The van der Waals surface area contributed by atoms with Gasteiger partial charge in [-0.25, -0.2) is 0 Å². The van der Waals surface area contributed by atoms with Gasteiger partial charge in [0, 0.05) is 7.11 Å². The maximum atomic E-state index is 12.2. The molecule has 9 heteroatoms. The molecule has 8 nitrogen and oxygen atoms in total. The van der Waals surface area contributed by atoms with Crippen LogP contribution in [-0.2, 0) is 14.3 Å². The van der Waals surface area contributed by atoms with Crippen molar-refractivity contribution in [2.45, 2.75) is 0 Å². The molecule has 0 spiro atoms. The van der Waals surface area contributed by atoms with E-state index < -0.39 is 23.6 Å². The normalized spacial score (nSPS) is 15.8. The molecule has 0 radical (unpaired) electrons. The second-order valence-corrected chi connectivity index (χ2v) is 5.98. The average molecular weight is 366 g/mol. The summed E-state index contributed by atoms with van der Waals surface area (Å²) in [6.45, 7) is 0.383. The van der Waals surface area contributed by atoms with Gasteiger partial charge in [0.15, 0.2) is 11.5 Å². The van der Waals surface area contributed by atoms with Crippen LogP contribution in [0.1, 0.15) is 5.56 Å². The number of nitrogens with zero attached hydrogens (tertiary/aromatic N) is 1. The zero-order valence-corrected chi connectivity index (χ0v) is 14.6. The monoisotopic (exact) mass is 366 g/mol. The maximum absolute atomic E-state index is 12.2. The molecule has 0 saturated carbocycles. The number of hydrogen-bond donors (Lipinski definition) is 1. The molecule has 1 aliphatic rings. The number of amides is 3. The standard InChI is InChI=1S/C16H18N2O6S/c1-22-5-6-24-11-4-3-10(7-12(11)23-2)8-13-15(20)18(9-14(17)19)16(21)25-13/h3-4,7-8H,5-6,9H2,1-2H3,(H2,17,19)/b13-8-. The summed E-state index contributed by atoms with van der Waals surface area (Å²) in [7, 11) is 3.08. The Hall–Kier alpha value is -2.52. The SMILES string of the molecule is COCCOc1ccc(/C=C2\SC(=O)N(CC(N)=O)C2=O)cc1OC. The summed E-state index contributed by atoms with van der Waals surface area (Å²) in [6, 6.07) is 5.12. The fourth-order valence-electron chi connectivity index (χ4n) is 2.07. The number of benzene rings is 1. The molecule has 1 fully saturated rings. The minimum absolute atomic E-state index is 0.210. The van der Waals surface area contributed by atoms with E-state index in [1.165, 1.54) is 7.11 Å². The number of methoxy groups -OCH3 is 2. The molecule has 0 atom stereocenters. The highest BCUT2D eigenvalue weighted by molar-refractivity contribution is 8.18. The van der Waals surface area contributed by atoms with Gasteiger partial charge in [0.2, 0.25) is 5.91 Å². The lowest BCUT2D eigenvalue weighted by atomic mass is 10.2. The van der Waals surface area contributed by atoms with Crippen LogP contribution in [0.5, 0.6) is 11.5 Å². The van der Waals surface area contributed by atoms with Gasteiger partial charge in [-0.15, -0.1) is 0 Å². The molecule has 1 saturated heterocycles. The van der Waals surface area contributed by atoms with Gasteiger partial charge >= 0.3 is 0 Å². The minimum Gasteiger partial charge on any atom is -0.493 e. The summed E-state index contributed by atoms with van der Waals surface area (Å²) in [4.78, 5) is 36.0. The van der Waals surface area contributed by atoms with Gasteiger partial charge in [-0.1, -0.05) is 6.07 Å². The number of carbonyl (C=O) groups is 3. The molecule has 0 aliphatic carbocycles. The molecule has 1 aliphatic heterocycles. The predicted molar refractivity (Wildman–Crippen MR) is 92.2 cm³/mol. The van der Waals surface area contributed by atoms with Crippen LogP contribution in [0.2, 0.25) is 0 Å². The maximum Gasteiger partial charge on any atom is 0.294 e. The fraction of sp³-hybridized carbons (Fsp3) is 0.312. The lowest BCUT2D eigenvalue weighted by molar-refractivity contribution is -0.127. The molecule has 25 heavy (non-hydrogen) atoms. The van der Waals surface area contributed by atoms with Gasteiger partial charge in [-0.2, -0.15) is 0 Å². The zero-order valence-electron chi connectivity index (χ0n) is 13.8. The van der Waals surface area contributed by atoms with E-state index >= 15 is 0 Å². The van der Waals surface area contributed by atoms with Crippen molar-refractivity contribution in [3.05, 3.63) is 28.7 Å². The zero-order chi connectivity index (χ0) is 18.4. The van der Waals surface area contributed by atoms with Crippen LogP contribution in [-0.4, -0.2) is 55.9 Å². The molecule has 1 heterocycles. The summed E-state index contributed by atoms with van der Waals surface area (Å²) >= 11 is 0.755. The van der Waals surface area contributed by atoms with Crippen LogP contribution >= 0.6 is 11.8 Å². The van der Waals surface area contributed by atoms with Crippen LogP contribution in [0.4, 0.5) is 4.79 Å². The minimum atomic E-state index is -0.747. The highest BCUT2D eigenvalue weighted by atomic mass is 32.2. The van der Waals surface area contributed by atoms with E-state index in [4.69, 9.17) is 19.9 Å². The van der Waals surface area contributed by atoms with Crippen molar-refractivity contribution in [3.8, 4) is 11.5 Å². The van der Waals surface area contributed by atoms with E-state index in [1.807, 2.05) is 0 Å². The molecule has 1 aromatic rings. The van der Waals surface area contributed by atoms with E-state index in [9.17, 15) is 14.4 Å². The lowest BCUT2D eigenvalue weighted by Crippen LogP contribution is -2.36. The van der Waals surface area contributed by atoms with Crippen LogP contribution in [0, 0.1) is 0 Å². The van der Waals surface area contributed by atoms with Gasteiger partial charge in [-0.05, 0) is 35.5 Å². The molecule has 0 aromatic heterocycles. The number of hydrogen-bond acceptors (Lipinski definition) is 7. The Kier molecular flexibility index (Phi) is 6.43. The average Bonchev–Trinajstić information content (AvgIpc) is 2.83. The first-order chi connectivity index (χ1) is 12.0. The van der Waals surface area contributed by atoms with Gasteiger partial charge in [0.25, 0.3) is 11.1 Å². The molecule has 3 amide bonds. The van der Waals surface area contributed by atoms with E-state index in [-0.39, 0.29) is 4.91 Å². The number of ether oxygens (including phenoxy) is 3. The third-order valence-electron chi connectivity index (χ3n) is 3.22. The Bertz CT molecular complexity index is 719. The number of imide groups is 1. The number of thioether (sulfide) groups is 1. The first-order valence-electron chi connectivity index (χ1n) is 7.29. The van der Waals surface area contributed by atoms with Crippen molar-refractivity contribution >= 4 is 34.9 Å². The Morgan fingerprint density at radius 3 is 2.64 bits per heavy atom. The third-order valence-corrected chi connectivity index (χ3v) is 4.13. The lowest BCUT2D eigenvalue weighted by Gasteiger charge is -2.11. The Labute approximate surface area is 148 Å². The van der Waals surface area contributed by atoms with Crippen molar-refractivity contribution in [3.63, 3.8) is 0 Å². The topological polar surface area (TPSA) is 108 Å². The smallest absolute Gasteiger partial charge is 0.294 e. The molecular formula is C16H18N2O6S. The summed E-state index contributed by atoms with van der Waals surface area (Å²) in [6.07, 6.45) is 1.55. The third kappa shape index (κ3) is 4.74. The molecule has 0 unspecified atom stereocenters. The Morgan fingerprint density at radius 1 is 1.24 bits per heavy atom. The van der Waals surface area contributed by atoms with Gasteiger partial charge in [0.05, 0.1) is 18.6 Å². The second kappa shape index (κ2) is 8.54. The van der Waals surface area contributed by atoms with Crippen LogP contribution < -0.4 is 15.2 Å². The Balaban J connectivity index is 2.19. The predicted octanol–water partition coefficient (Wildman–Crippen LogP) is 1.24. The van der Waals surface area contributed by atoms with E-state index in [0.29, 0.717) is 30.3 Å². The van der Waals surface area contributed by atoms with Crippen LogP contribution in [0.3, 0.4) is 0 Å². The second-order valence-electron chi connectivity index (χ2n) is 4.99. The quantitative estimate of drug-likeness (QED) is 0.545. The summed E-state index contributed by atoms with van der Waals surface area (Å²) in [5.41, 5.74) is 5.70. The molecule has 1 aromatic carbocycles. The number of rotatable bonds is 8. The molecule has 2 N–H and O–H groups in total. The van der Waals surface area contributed by atoms with Crippen molar-refractivity contribution in [1.29, 1.82) is 0 Å². The number of primary amides is 1.